The Bertz CT molecular complexity index is 1650. The van der Waals surface area contributed by atoms with E-state index in [0.29, 0.717) is 34.4 Å². The van der Waals surface area contributed by atoms with Crippen LogP contribution in [0.1, 0.15) is 55.3 Å². The number of halogens is 3. The van der Waals surface area contributed by atoms with Gasteiger partial charge in [0.15, 0.2) is 28.7 Å². The molecular formula is C28H26F3N7O3. The van der Waals surface area contributed by atoms with Gasteiger partial charge in [-0.25, -0.2) is 24.6 Å². The molecule has 1 aliphatic carbocycles. The van der Waals surface area contributed by atoms with Crippen LogP contribution >= 0.6 is 0 Å². The molecule has 6 rings (SSSR count). The van der Waals surface area contributed by atoms with Gasteiger partial charge < -0.3 is 9.47 Å². The van der Waals surface area contributed by atoms with Gasteiger partial charge >= 0.3 is 6.18 Å². The van der Waals surface area contributed by atoms with Crippen molar-refractivity contribution in [3.05, 3.63) is 65.5 Å². The summed E-state index contributed by atoms with van der Waals surface area (Å²) in [6.07, 6.45) is 0.429. The number of hydrogen-bond acceptors (Lipinski definition) is 8. The maximum absolute atomic E-state index is 13.6. The Kier molecular flexibility index (Phi) is 6.20. The molecule has 1 aliphatic heterocycles. The van der Waals surface area contributed by atoms with Gasteiger partial charge in [0.2, 0.25) is 5.88 Å². The molecule has 1 aromatic carbocycles. The maximum Gasteiger partial charge on any atom is 0.435 e. The van der Waals surface area contributed by atoms with Crippen molar-refractivity contribution in [2.75, 3.05) is 12.0 Å². The number of alkyl halides is 3. The molecule has 41 heavy (non-hydrogen) atoms. The summed E-state index contributed by atoms with van der Waals surface area (Å²) in [4.78, 5) is 33.1. The fraction of sp³-hybridized carbons (Fsp3) is 0.357. The van der Waals surface area contributed by atoms with Crippen LogP contribution in [-0.4, -0.2) is 48.3 Å². The fourth-order valence-electron chi connectivity index (χ4n) is 4.85. The van der Waals surface area contributed by atoms with Crippen LogP contribution in [0.15, 0.2) is 42.9 Å². The summed E-state index contributed by atoms with van der Waals surface area (Å²) in [7, 11) is 1.51. The van der Waals surface area contributed by atoms with Crippen molar-refractivity contribution in [3.8, 4) is 28.7 Å². The molecule has 212 valence electrons. The summed E-state index contributed by atoms with van der Waals surface area (Å²) in [5, 5.41) is 3.71. The van der Waals surface area contributed by atoms with Crippen LogP contribution in [0.25, 0.3) is 17.1 Å². The van der Waals surface area contributed by atoms with E-state index in [1.807, 2.05) is 0 Å². The highest BCUT2D eigenvalue weighted by Gasteiger charge is 2.43. The number of aryl methyl sites for hydroxylation is 1. The first-order valence-electron chi connectivity index (χ1n) is 13.0. The monoisotopic (exact) mass is 565 g/mol. The third kappa shape index (κ3) is 4.85. The molecule has 0 atom stereocenters. The largest absolute Gasteiger partial charge is 0.480 e. The van der Waals surface area contributed by atoms with Gasteiger partial charge in [0.1, 0.15) is 11.9 Å². The van der Waals surface area contributed by atoms with Crippen molar-refractivity contribution in [2.45, 2.75) is 57.9 Å². The van der Waals surface area contributed by atoms with E-state index in [-0.39, 0.29) is 24.2 Å². The van der Waals surface area contributed by atoms with Crippen molar-refractivity contribution >= 4 is 11.7 Å². The molecule has 4 heterocycles. The standard InChI is InChI=1S/C28H26F3N7O3/c1-15-11-20(28(29,30)31)36-38(15)18-9-5-16(6-10-18)13-37-24-19(41-27(2,3)26(37)39)12-32-23(35-24)21-22(17-7-8-17)33-14-34-25(21)40-4/h5-6,9-12,14,17H,7-8,13H2,1-4H3. The highest BCUT2D eigenvalue weighted by Crippen LogP contribution is 2.46. The summed E-state index contributed by atoms with van der Waals surface area (Å²) in [5.74, 6) is 1.23. The average molecular weight is 566 g/mol. The zero-order valence-corrected chi connectivity index (χ0v) is 22.7. The Morgan fingerprint density at radius 3 is 2.49 bits per heavy atom. The highest BCUT2D eigenvalue weighted by molar-refractivity contribution is 6.01. The second-order valence-corrected chi connectivity index (χ2v) is 10.5. The molecular weight excluding hydrogens is 539 g/mol. The van der Waals surface area contributed by atoms with Gasteiger partial charge in [-0.05, 0) is 57.4 Å². The SMILES string of the molecule is COc1ncnc(C2CC2)c1-c1ncc2c(n1)N(Cc1ccc(-n3nc(C(F)(F)F)cc3C)cc1)C(=O)C(C)(C)O2. The summed E-state index contributed by atoms with van der Waals surface area (Å²) in [6.45, 7) is 5.03. The molecule has 1 fully saturated rings. The van der Waals surface area contributed by atoms with E-state index in [1.54, 1.807) is 45.0 Å². The van der Waals surface area contributed by atoms with Crippen LogP contribution in [-0.2, 0) is 17.5 Å². The van der Waals surface area contributed by atoms with Gasteiger partial charge in [0, 0.05) is 11.6 Å². The van der Waals surface area contributed by atoms with Crippen LogP contribution in [0.3, 0.4) is 0 Å². The van der Waals surface area contributed by atoms with E-state index >= 15 is 0 Å². The number of aromatic nitrogens is 6. The van der Waals surface area contributed by atoms with Crippen LogP contribution in [0, 0.1) is 6.92 Å². The van der Waals surface area contributed by atoms with E-state index < -0.39 is 17.5 Å². The molecule has 0 saturated heterocycles. The number of fused-ring (bicyclic) bond motifs is 1. The number of hydrogen-bond donors (Lipinski definition) is 0. The zero-order chi connectivity index (χ0) is 29.1. The van der Waals surface area contributed by atoms with Crippen LogP contribution < -0.4 is 14.4 Å². The van der Waals surface area contributed by atoms with Gasteiger partial charge in [0.25, 0.3) is 5.91 Å². The van der Waals surface area contributed by atoms with E-state index in [4.69, 9.17) is 14.5 Å². The van der Waals surface area contributed by atoms with Gasteiger partial charge in [-0.2, -0.15) is 18.3 Å². The van der Waals surface area contributed by atoms with Crippen LogP contribution in [0.2, 0.25) is 0 Å². The number of anilines is 1. The third-order valence-corrected chi connectivity index (χ3v) is 7.04. The van der Waals surface area contributed by atoms with Crippen molar-refractivity contribution in [1.29, 1.82) is 0 Å². The van der Waals surface area contributed by atoms with Crippen molar-refractivity contribution in [2.24, 2.45) is 0 Å². The minimum absolute atomic E-state index is 0.138. The number of amides is 1. The van der Waals surface area contributed by atoms with Crippen molar-refractivity contribution < 1.29 is 27.4 Å². The van der Waals surface area contributed by atoms with Crippen LogP contribution in [0.5, 0.6) is 11.6 Å². The minimum atomic E-state index is -4.54. The van der Waals surface area contributed by atoms with E-state index in [2.05, 4.69) is 20.1 Å². The lowest BCUT2D eigenvalue weighted by atomic mass is 10.0. The Balaban J connectivity index is 1.36. The molecule has 4 aromatic rings. The second-order valence-electron chi connectivity index (χ2n) is 10.5. The molecule has 13 heteroatoms. The first kappa shape index (κ1) is 26.7. The zero-order valence-electron chi connectivity index (χ0n) is 22.7. The lowest BCUT2D eigenvalue weighted by Crippen LogP contribution is -2.52. The predicted octanol–water partition coefficient (Wildman–Crippen LogP) is 5.04. The molecule has 0 radical (unpaired) electrons. The van der Waals surface area contributed by atoms with E-state index in [0.717, 1.165) is 30.2 Å². The number of rotatable bonds is 6. The number of carbonyl (C=O) groups excluding carboxylic acids is 1. The molecule has 1 amide bonds. The molecule has 0 bridgehead atoms. The van der Waals surface area contributed by atoms with E-state index in [9.17, 15) is 18.0 Å². The fourth-order valence-corrected chi connectivity index (χ4v) is 4.85. The van der Waals surface area contributed by atoms with Crippen molar-refractivity contribution in [1.82, 2.24) is 29.7 Å². The van der Waals surface area contributed by atoms with Crippen LogP contribution in [0.4, 0.5) is 19.0 Å². The molecule has 0 spiro atoms. The Morgan fingerprint density at radius 1 is 1.12 bits per heavy atom. The Hall–Kier alpha value is -4.55. The Labute approximate surface area is 233 Å². The first-order valence-corrected chi connectivity index (χ1v) is 13.0. The quantitative estimate of drug-likeness (QED) is 0.320. The highest BCUT2D eigenvalue weighted by atomic mass is 19.4. The molecule has 2 aliphatic rings. The number of nitrogens with zero attached hydrogens (tertiary/aromatic N) is 7. The normalized spacial score (nSPS) is 16.4. The number of carbonyl (C=O) groups is 1. The summed E-state index contributed by atoms with van der Waals surface area (Å²) >= 11 is 0. The second kappa shape index (κ2) is 9.53. The Morgan fingerprint density at radius 2 is 1.85 bits per heavy atom. The van der Waals surface area contributed by atoms with Gasteiger partial charge in [-0.1, -0.05) is 12.1 Å². The van der Waals surface area contributed by atoms with Gasteiger partial charge in [0.05, 0.1) is 31.2 Å². The predicted molar refractivity (Wildman–Crippen MR) is 141 cm³/mol. The maximum atomic E-state index is 13.6. The molecule has 0 N–H and O–H groups in total. The van der Waals surface area contributed by atoms with E-state index in [1.165, 1.54) is 29.2 Å². The van der Waals surface area contributed by atoms with Crippen molar-refractivity contribution in [3.63, 3.8) is 0 Å². The number of methoxy groups -OCH3 is 1. The topological polar surface area (TPSA) is 108 Å². The summed E-state index contributed by atoms with van der Waals surface area (Å²) in [6, 6.07) is 7.79. The molecule has 10 nitrogen and oxygen atoms in total. The molecule has 3 aromatic heterocycles. The first-order chi connectivity index (χ1) is 19.5. The average Bonchev–Trinajstić information content (AvgIpc) is 3.71. The third-order valence-electron chi connectivity index (χ3n) is 7.04. The summed E-state index contributed by atoms with van der Waals surface area (Å²) in [5.41, 5.74) is 0.775. The molecule has 1 saturated carbocycles. The number of benzene rings is 1. The lowest BCUT2D eigenvalue weighted by Gasteiger charge is -2.37. The smallest absolute Gasteiger partial charge is 0.435 e. The minimum Gasteiger partial charge on any atom is -0.480 e. The lowest BCUT2D eigenvalue weighted by molar-refractivity contribution is -0.141. The summed E-state index contributed by atoms with van der Waals surface area (Å²) < 4.78 is 52.1. The van der Waals surface area contributed by atoms with Gasteiger partial charge in [-0.15, -0.1) is 0 Å². The number of ether oxygens (including phenoxy) is 2. The molecule has 0 unspecified atom stereocenters. The van der Waals surface area contributed by atoms with Gasteiger partial charge in [-0.3, -0.25) is 9.69 Å².